The van der Waals surface area contributed by atoms with E-state index in [9.17, 15) is 10.1 Å². The largest absolute Gasteiger partial charge is 0.340 e. The average molecular weight is 558 g/mol. The molecule has 1 aliphatic rings. The van der Waals surface area contributed by atoms with Crippen LogP contribution >= 0.6 is 46.6 Å². The number of carbonyl (C=O) groups excluding carboxylic acids is 1. The average Bonchev–Trinajstić information content (AvgIpc) is 3.35. The van der Waals surface area contributed by atoms with Crippen LogP contribution in [0.5, 0.6) is 0 Å². The van der Waals surface area contributed by atoms with Crippen LogP contribution in [0, 0.1) is 11.3 Å². The highest BCUT2D eigenvalue weighted by molar-refractivity contribution is 7.99. The van der Waals surface area contributed by atoms with Crippen molar-refractivity contribution in [3.05, 3.63) is 87.4 Å². The molecule has 4 aromatic rings. The van der Waals surface area contributed by atoms with Gasteiger partial charge >= 0.3 is 0 Å². The number of anilines is 3. The van der Waals surface area contributed by atoms with Gasteiger partial charge in [-0.3, -0.25) is 4.79 Å². The molecule has 2 N–H and O–H groups in total. The Morgan fingerprint density at radius 3 is 2.72 bits per heavy atom. The maximum absolute atomic E-state index is 12.4. The molecule has 13 heteroatoms. The van der Waals surface area contributed by atoms with E-state index >= 15 is 0 Å². The molecule has 0 saturated heterocycles. The third kappa shape index (κ3) is 4.92. The Balaban J connectivity index is 1.43. The minimum absolute atomic E-state index is 0.0112. The molecule has 0 aliphatic carbocycles. The smallest absolute Gasteiger partial charge is 0.265 e. The van der Waals surface area contributed by atoms with Crippen molar-refractivity contribution in [3.63, 3.8) is 0 Å². The number of halogens is 3. The summed E-state index contributed by atoms with van der Waals surface area (Å²) in [6.45, 7) is 0. The fourth-order valence-electron chi connectivity index (χ4n) is 3.49. The van der Waals surface area contributed by atoms with Crippen molar-refractivity contribution < 1.29 is 4.79 Å². The number of hydrogen-bond donors (Lipinski definition) is 2. The first kappa shape index (κ1) is 24.2. The van der Waals surface area contributed by atoms with E-state index in [1.807, 2.05) is 30.3 Å². The number of para-hydroxylation sites is 1. The van der Waals surface area contributed by atoms with Crippen molar-refractivity contribution in [2.75, 3.05) is 10.2 Å². The quantitative estimate of drug-likeness (QED) is 0.325. The van der Waals surface area contributed by atoms with Crippen molar-refractivity contribution >= 4 is 75.4 Å². The van der Waals surface area contributed by atoms with Crippen LogP contribution in [0.25, 0.3) is 5.78 Å². The topological polar surface area (TPSA) is 111 Å². The van der Waals surface area contributed by atoms with E-state index in [0.717, 1.165) is 0 Å². The van der Waals surface area contributed by atoms with Gasteiger partial charge in [-0.1, -0.05) is 46.9 Å². The van der Waals surface area contributed by atoms with Gasteiger partial charge in [-0.15, -0.1) is 11.8 Å². The van der Waals surface area contributed by atoms with Gasteiger partial charge in [0.05, 0.1) is 26.4 Å². The number of nitrogens with one attached hydrogen (secondary N) is 2. The normalized spacial score (nSPS) is 15.4. The van der Waals surface area contributed by atoms with Gasteiger partial charge in [-0.05, 0) is 30.3 Å². The van der Waals surface area contributed by atoms with Gasteiger partial charge in [0.15, 0.2) is 5.50 Å². The Morgan fingerprint density at radius 1 is 1.11 bits per heavy atom. The number of thioether (sulfide) groups is 1. The Kier molecular flexibility index (Phi) is 6.89. The zero-order valence-corrected chi connectivity index (χ0v) is 21.3. The molecule has 2 aromatic carbocycles. The van der Waals surface area contributed by atoms with E-state index in [0.29, 0.717) is 49.5 Å². The Morgan fingerprint density at radius 2 is 1.94 bits per heavy atom. The number of hydrogen-bond acceptors (Lipinski definition) is 8. The second-order valence-electron chi connectivity index (χ2n) is 7.51. The SMILES string of the molecule is N#CC1=CN(c2ccccc2Cl)C(SCc2cc(Nc3ccc(Cl)c(Cl)c3)n3ncnc3n2)NC1=O. The molecular formula is C23H15Cl3N8OS. The Labute approximate surface area is 224 Å². The molecule has 1 aliphatic heterocycles. The van der Waals surface area contributed by atoms with E-state index in [1.165, 1.54) is 24.3 Å². The van der Waals surface area contributed by atoms with Crippen molar-refractivity contribution in [2.24, 2.45) is 0 Å². The number of nitrogens with zero attached hydrogens (tertiary/aromatic N) is 6. The summed E-state index contributed by atoms with van der Waals surface area (Å²) in [7, 11) is 0. The van der Waals surface area contributed by atoms with Crippen molar-refractivity contribution in [1.29, 1.82) is 5.26 Å². The Bertz CT molecular complexity index is 1550. The standard InChI is InChI=1S/C23H15Cl3N8OS/c24-16-6-5-14(7-18(16)26)30-20-8-15(31-22-28-12-29-34(20)22)11-36-23-32-21(35)13(9-27)10-33(23)19-4-2-1-3-17(19)25/h1-8,10,12,23,30H,11H2,(H,32,35). The zero-order valence-electron chi connectivity index (χ0n) is 18.2. The predicted octanol–water partition coefficient (Wildman–Crippen LogP) is 5.39. The molecule has 0 saturated carbocycles. The van der Waals surface area contributed by atoms with Gasteiger partial charge in [-0.2, -0.15) is 19.9 Å². The van der Waals surface area contributed by atoms with Crippen LogP contribution in [0.3, 0.4) is 0 Å². The minimum atomic E-state index is -0.531. The van der Waals surface area contributed by atoms with Crippen LogP contribution in [0.1, 0.15) is 5.69 Å². The molecular weight excluding hydrogens is 543 g/mol. The molecule has 0 radical (unpaired) electrons. The maximum atomic E-state index is 12.4. The van der Waals surface area contributed by atoms with E-state index < -0.39 is 11.4 Å². The van der Waals surface area contributed by atoms with E-state index in [1.54, 1.807) is 33.7 Å². The van der Waals surface area contributed by atoms with Crippen LogP contribution in [-0.4, -0.2) is 31.0 Å². The molecule has 5 rings (SSSR count). The van der Waals surface area contributed by atoms with Gasteiger partial charge in [0.25, 0.3) is 11.7 Å². The van der Waals surface area contributed by atoms with Gasteiger partial charge in [0.2, 0.25) is 0 Å². The van der Waals surface area contributed by atoms with Crippen LogP contribution in [0.15, 0.2) is 66.6 Å². The number of carbonyl (C=O) groups is 1. The van der Waals surface area contributed by atoms with Crippen molar-refractivity contribution in [2.45, 2.75) is 11.3 Å². The molecule has 0 bridgehead atoms. The summed E-state index contributed by atoms with van der Waals surface area (Å²) in [6.07, 6.45) is 2.91. The summed E-state index contributed by atoms with van der Waals surface area (Å²) in [6, 6.07) is 16.2. The van der Waals surface area contributed by atoms with Gasteiger partial charge in [-0.25, -0.2) is 4.98 Å². The van der Waals surface area contributed by atoms with Crippen LogP contribution in [-0.2, 0) is 10.5 Å². The highest BCUT2D eigenvalue weighted by atomic mass is 35.5. The number of benzene rings is 2. The highest BCUT2D eigenvalue weighted by Gasteiger charge is 2.29. The highest BCUT2D eigenvalue weighted by Crippen LogP contribution is 2.33. The van der Waals surface area contributed by atoms with Gasteiger partial charge in [0, 0.05) is 23.7 Å². The lowest BCUT2D eigenvalue weighted by Crippen LogP contribution is -2.48. The summed E-state index contributed by atoms with van der Waals surface area (Å²) >= 11 is 20.0. The van der Waals surface area contributed by atoms with E-state index in [4.69, 9.17) is 34.8 Å². The summed E-state index contributed by atoms with van der Waals surface area (Å²) in [5.74, 6) is 0.967. The summed E-state index contributed by atoms with van der Waals surface area (Å²) < 4.78 is 1.57. The maximum Gasteiger partial charge on any atom is 0.265 e. The molecule has 0 fully saturated rings. The van der Waals surface area contributed by atoms with Gasteiger partial charge in [0.1, 0.15) is 23.8 Å². The first-order valence-corrected chi connectivity index (χ1v) is 12.6. The predicted molar refractivity (Wildman–Crippen MR) is 141 cm³/mol. The molecule has 1 amide bonds. The monoisotopic (exact) mass is 556 g/mol. The fourth-order valence-corrected chi connectivity index (χ4v) is 5.03. The van der Waals surface area contributed by atoms with Crippen molar-refractivity contribution in [1.82, 2.24) is 24.9 Å². The third-order valence-corrected chi connectivity index (χ3v) is 7.34. The molecule has 1 atom stereocenters. The zero-order chi connectivity index (χ0) is 25.2. The Hall–Kier alpha value is -3.49. The molecule has 2 aromatic heterocycles. The second kappa shape index (κ2) is 10.2. The lowest BCUT2D eigenvalue weighted by atomic mass is 10.2. The number of nitriles is 1. The van der Waals surface area contributed by atoms with E-state index in [2.05, 4.69) is 25.7 Å². The summed E-state index contributed by atoms with van der Waals surface area (Å²) in [4.78, 5) is 23.0. The molecule has 180 valence electrons. The first-order chi connectivity index (χ1) is 17.4. The molecule has 3 heterocycles. The molecule has 1 unspecified atom stereocenters. The lowest BCUT2D eigenvalue weighted by molar-refractivity contribution is -0.117. The fraction of sp³-hybridized carbons (Fsp3) is 0.0870. The number of aromatic nitrogens is 4. The molecule has 0 spiro atoms. The van der Waals surface area contributed by atoms with Crippen LogP contribution < -0.4 is 15.5 Å². The van der Waals surface area contributed by atoms with Crippen LogP contribution in [0.4, 0.5) is 17.2 Å². The molecule has 36 heavy (non-hydrogen) atoms. The van der Waals surface area contributed by atoms with Crippen molar-refractivity contribution in [3.8, 4) is 6.07 Å². The van der Waals surface area contributed by atoms with Gasteiger partial charge < -0.3 is 15.5 Å². The second-order valence-corrected chi connectivity index (χ2v) is 9.80. The summed E-state index contributed by atoms with van der Waals surface area (Å²) in [5, 5.41) is 21.1. The molecule has 9 nitrogen and oxygen atoms in total. The third-order valence-electron chi connectivity index (χ3n) is 5.16. The number of fused-ring (bicyclic) bond motifs is 1. The number of rotatable bonds is 6. The first-order valence-electron chi connectivity index (χ1n) is 10.4. The number of amides is 1. The summed E-state index contributed by atoms with van der Waals surface area (Å²) in [5.41, 5.74) is 1.52. The van der Waals surface area contributed by atoms with Crippen LogP contribution in [0.2, 0.25) is 15.1 Å². The lowest BCUT2D eigenvalue weighted by Gasteiger charge is -2.34. The minimum Gasteiger partial charge on any atom is -0.340 e. The van der Waals surface area contributed by atoms with E-state index in [-0.39, 0.29) is 5.57 Å².